The molecule has 0 fully saturated rings. The van der Waals surface area contributed by atoms with Gasteiger partial charge in [-0.25, -0.2) is 0 Å². The van der Waals surface area contributed by atoms with Crippen LogP contribution in [0.5, 0.6) is 0 Å². The van der Waals surface area contributed by atoms with E-state index in [1.54, 1.807) is 0 Å². The normalized spacial score (nSPS) is 30.8. The van der Waals surface area contributed by atoms with Crippen LogP contribution in [0.2, 0.25) is 0 Å². The lowest BCUT2D eigenvalue weighted by Crippen LogP contribution is -2.21. The first-order valence-electron chi connectivity index (χ1n) is 4.41. The third-order valence-electron chi connectivity index (χ3n) is 2.66. The van der Waals surface area contributed by atoms with E-state index in [0.717, 1.165) is 11.1 Å². The fraction of sp³-hybridized carbons (Fsp3) is 0.364. The quantitative estimate of drug-likeness (QED) is 0.574. The molecule has 0 radical (unpaired) electrons. The van der Waals surface area contributed by atoms with Crippen molar-refractivity contribution < 1.29 is 9.90 Å². The summed E-state index contributed by atoms with van der Waals surface area (Å²) in [5.74, 6) is 0.0449. The van der Waals surface area contributed by atoms with Crippen LogP contribution in [0.4, 0.5) is 0 Å². The van der Waals surface area contributed by atoms with E-state index in [0.29, 0.717) is 0 Å². The maximum Gasteiger partial charge on any atom is 0.169 e. The number of carbonyl (C=O) groups excluding carboxylic acids is 1. The average Bonchev–Trinajstić information content (AvgIpc) is 2.40. The Balaban J connectivity index is 2.57. The number of fused-ring (bicyclic) bond motifs is 2. The van der Waals surface area contributed by atoms with Crippen LogP contribution in [0.1, 0.15) is 13.8 Å². The van der Waals surface area contributed by atoms with Crippen LogP contribution in [0.15, 0.2) is 35.1 Å². The molecule has 0 heterocycles. The maximum absolute atomic E-state index is 11.5. The van der Waals surface area contributed by atoms with Gasteiger partial charge in [-0.15, -0.1) is 0 Å². The van der Waals surface area contributed by atoms with Gasteiger partial charge in [-0.3, -0.25) is 4.79 Å². The van der Waals surface area contributed by atoms with Gasteiger partial charge < -0.3 is 5.11 Å². The number of ketones is 1. The largest absolute Gasteiger partial charge is 0.511 e. The lowest BCUT2D eigenvalue weighted by molar-refractivity contribution is -0.116. The molecule has 0 amide bonds. The Morgan fingerprint density at radius 1 is 1.31 bits per heavy atom. The molecule has 13 heavy (non-hydrogen) atoms. The Morgan fingerprint density at radius 3 is 2.54 bits per heavy atom. The zero-order chi connectivity index (χ0) is 9.59. The van der Waals surface area contributed by atoms with Crippen molar-refractivity contribution in [3.8, 4) is 0 Å². The predicted octanol–water partition coefficient (Wildman–Crippen LogP) is 2.15. The van der Waals surface area contributed by atoms with Crippen molar-refractivity contribution in [1.82, 2.24) is 0 Å². The molecule has 0 aromatic carbocycles. The fourth-order valence-electron chi connectivity index (χ4n) is 2.08. The zero-order valence-electron chi connectivity index (χ0n) is 7.74. The minimum atomic E-state index is -0.106. The molecule has 0 aromatic rings. The zero-order valence-corrected chi connectivity index (χ0v) is 7.74. The predicted molar refractivity (Wildman–Crippen MR) is 50.2 cm³/mol. The standard InChI is InChI=1S/C11H12O2/c1-6(2)11-7-3-4-8(11)10(13)5-9(7)12/h3-5,7-8,12H,1-2H3. The summed E-state index contributed by atoms with van der Waals surface area (Å²) in [6.45, 7) is 3.96. The lowest BCUT2D eigenvalue weighted by atomic mass is 9.83. The lowest BCUT2D eigenvalue weighted by Gasteiger charge is -2.21. The van der Waals surface area contributed by atoms with Gasteiger partial charge in [0, 0.05) is 6.08 Å². The molecule has 2 unspecified atom stereocenters. The highest BCUT2D eigenvalue weighted by molar-refractivity contribution is 5.98. The topological polar surface area (TPSA) is 37.3 Å². The highest BCUT2D eigenvalue weighted by Gasteiger charge is 2.36. The smallest absolute Gasteiger partial charge is 0.169 e. The summed E-state index contributed by atoms with van der Waals surface area (Å²) >= 11 is 0. The van der Waals surface area contributed by atoms with Crippen molar-refractivity contribution in [3.05, 3.63) is 35.1 Å². The van der Waals surface area contributed by atoms with E-state index >= 15 is 0 Å². The molecule has 1 N–H and O–H groups in total. The number of aliphatic hydroxyl groups excluding tert-OH is 1. The Morgan fingerprint density at radius 2 is 1.92 bits per heavy atom. The molecular weight excluding hydrogens is 164 g/mol. The van der Waals surface area contributed by atoms with Crippen molar-refractivity contribution in [2.75, 3.05) is 0 Å². The molecular formula is C11H12O2. The van der Waals surface area contributed by atoms with E-state index in [-0.39, 0.29) is 23.4 Å². The first kappa shape index (κ1) is 8.30. The number of hydrogen-bond acceptors (Lipinski definition) is 2. The first-order valence-corrected chi connectivity index (χ1v) is 4.41. The average molecular weight is 176 g/mol. The third kappa shape index (κ3) is 1.05. The van der Waals surface area contributed by atoms with Gasteiger partial charge in [-0.2, -0.15) is 0 Å². The van der Waals surface area contributed by atoms with E-state index in [9.17, 15) is 9.90 Å². The van der Waals surface area contributed by atoms with Crippen molar-refractivity contribution in [1.29, 1.82) is 0 Å². The van der Waals surface area contributed by atoms with Crippen LogP contribution in [0.3, 0.4) is 0 Å². The van der Waals surface area contributed by atoms with E-state index < -0.39 is 0 Å². The van der Waals surface area contributed by atoms with Gasteiger partial charge in [-0.1, -0.05) is 17.7 Å². The van der Waals surface area contributed by atoms with E-state index in [1.807, 2.05) is 26.0 Å². The number of aliphatic hydroxyl groups is 1. The summed E-state index contributed by atoms with van der Waals surface area (Å²) < 4.78 is 0. The molecule has 2 rings (SSSR count). The van der Waals surface area contributed by atoms with Crippen molar-refractivity contribution in [2.45, 2.75) is 13.8 Å². The summed E-state index contributed by atoms with van der Waals surface area (Å²) in [5.41, 5.74) is 2.19. The van der Waals surface area contributed by atoms with E-state index in [2.05, 4.69) is 0 Å². The van der Waals surface area contributed by atoms with E-state index in [4.69, 9.17) is 0 Å². The maximum atomic E-state index is 11.5. The highest BCUT2D eigenvalue weighted by atomic mass is 16.3. The Bertz CT molecular complexity index is 354. The van der Waals surface area contributed by atoms with Gasteiger partial charge in [0.05, 0.1) is 11.8 Å². The molecule has 2 aliphatic rings. The summed E-state index contributed by atoms with van der Waals surface area (Å²) in [6, 6.07) is 0. The van der Waals surface area contributed by atoms with Crippen molar-refractivity contribution >= 4 is 5.78 Å². The minimum absolute atomic E-state index is 0.00120. The van der Waals surface area contributed by atoms with Crippen molar-refractivity contribution in [3.63, 3.8) is 0 Å². The summed E-state index contributed by atoms with van der Waals surface area (Å²) in [6.07, 6.45) is 5.14. The van der Waals surface area contributed by atoms with Gasteiger partial charge in [0.15, 0.2) is 5.78 Å². The minimum Gasteiger partial charge on any atom is -0.511 e. The summed E-state index contributed by atoms with van der Waals surface area (Å²) in [4.78, 5) is 11.5. The number of hydrogen-bond donors (Lipinski definition) is 1. The van der Waals surface area contributed by atoms with Crippen LogP contribution in [0.25, 0.3) is 0 Å². The van der Waals surface area contributed by atoms with Gasteiger partial charge in [-0.05, 0) is 19.4 Å². The number of carbonyl (C=O) groups is 1. The van der Waals surface area contributed by atoms with Crippen LogP contribution in [0, 0.1) is 11.8 Å². The molecule has 0 spiro atoms. The number of allylic oxidation sites excluding steroid dienone is 4. The Labute approximate surface area is 77.3 Å². The molecule has 0 aliphatic heterocycles. The van der Waals surface area contributed by atoms with Gasteiger partial charge in [0.1, 0.15) is 5.76 Å². The molecule has 2 bridgehead atoms. The molecule has 68 valence electrons. The second-order valence-electron chi connectivity index (χ2n) is 3.77. The molecule has 0 saturated carbocycles. The molecule has 0 aromatic heterocycles. The molecule has 2 heteroatoms. The SMILES string of the molecule is CC(C)=C1C2C=CC1C(O)=CC2=O. The summed E-state index contributed by atoms with van der Waals surface area (Å²) in [7, 11) is 0. The monoisotopic (exact) mass is 176 g/mol. The van der Waals surface area contributed by atoms with Gasteiger partial charge >= 0.3 is 0 Å². The van der Waals surface area contributed by atoms with E-state index in [1.165, 1.54) is 6.08 Å². The highest BCUT2D eigenvalue weighted by Crippen LogP contribution is 2.40. The first-order chi connectivity index (χ1) is 6.11. The van der Waals surface area contributed by atoms with Crippen LogP contribution in [-0.4, -0.2) is 10.9 Å². The molecule has 2 atom stereocenters. The Kier molecular flexibility index (Phi) is 1.65. The summed E-state index contributed by atoms with van der Waals surface area (Å²) in [5, 5.41) is 9.54. The van der Waals surface area contributed by atoms with Crippen LogP contribution >= 0.6 is 0 Å². The van der Waals surface area contributed by atoms with Gasteiger partial charge in [0.2, 0.25) is 0 Å². The molecule has 2 aliphatic carbocycles. The van der Waals surface area contributed by atoms with Crippen molar-refractivity contribution in [2.24, 2.45) is 11.8 Å². The Hall–Kier alpha value is -1.31. The van der Waals surface area contributed by atoms with Gasteiger partial charge in [0.25, 0.3) is 0 Å². The van der Waals surface area contributed by atoms with Crippen LogP contribution in [-0.2, 0) is 4.79 Å². The second kappa shape index (κ2) is 2.59. The van der Waals surface area contributed by atoms with Crippen LogP contribution < -0.4 is 0 Å². The third-order valence-corrected chi connectivity index (χ3v) is 2.66. The molecule has 0 saturated heterocycles. The fourth-order valence-corrected chi connectivity index (χ4v) is 2.08. The number of rotatable bonds is 0. The second-order valence-corrected chi connectivity index (χ2v) is 3.77. The molecule has 2 nitrogen and oxygen atoms in total.